The maximum absolute atomic E-state index is 12.6. The van der Waals surface area contributed by atoms with E-state index in [2.05, 4.69) is 31.2 Å². The molecule has 7 heteroatoms. The Morgan fingerprint density at radius 2 is 2.04 bits per heavy atom. The molecule has 1 aromatic heterocycles. The van der Waals surface area contributed by atoms with Gasteiger partial charge in [0, 0.05) is 5.69 Å². The van der Waals surface area contributed by atoms with E-state index in [4.69, 9.17) is 10.5 Å². The van der Waals surface area contributed by atoms with E-state index in [1.54, 1.807) is 31.5 Å². The third kappa shape index (κ3) is 4.00. The lowest BCUT2D eigenvalue weighted by Crippen LogP contribution is -2.26. The van der Waals surface area contributed by atoms with Crippen LogP contribution >= 0.6 is 12.4 Å². The fourth-order valence-electron chi connectivity index (χ4n) is 2.49. The molecule has 1 amide bonds. The summed E-state index contributed by atoms with van der Waals surface area (Å²) in [4.78, 5) is 12.6. The number of anilines is 2. The number of amides is 1. The number of nitrogen functional groups attached to an aromatic ring is 1. The average Bonchev–Trinajstić information content (AvgIpc) is 2.91. The Labute approximate surface area is 148 Å². The Kier molecular flexibility index (Phi) is 6.26. The minimum absolute atomic E-state index is 0. The Hall–Kier alpha value is -2.21. The molecule has 24 heavy (non-hydrogen) atoms. The van der Waals surface area contributed by atoms with Gasteiger partial charge in [0.2, 0.25) is 0 Å². The number of carbonyl (C=O) groups is 1. The van der Waals surface area contributed by atoms with Crippen LogP contribution in [0.1, 0.15) is 43.7 Å². The first-order valence-electron chi connectivity index (χ1n) is 7.60. The molecule has 0 unspecified atom stereocenters. The molecule has 0 atom stereocenters. The second-order valence-electron chi connectivity index (χ2n) is 6.35. The van der Waals surface area contributed by atoms with E-state index in [9.17, 15) is 4.79 Å². The highest BCUT2D eigenvalue weighted by atomic mass is 35.5. The van der Waals surface area contributed by atoms with E-state index in [1.165, 1.54) is 0 Å². The van der Waals surface area contributed by atoms with Gasteiger partial charge in [-0.25, -0.2) is 0 Å². The summed E-state index contributed by atoms with van der Waals surface area (Å²) in [5.41, 5.74) is 8.29. The molecule has 2 rings (SSSR count). The van der Waals surface area contributed by atoms with Crippen LogP contribution in [0.2, 0.25) is 0 Å². The van der Waals surface area contributed by atoms with E-state index in [0.29, 0.717) is 22.7 Å². The van der Waals surface area contributed by atoms with Gasteiger partial charge in [0.25, 0.3) is 5.91 Å². The fourth-order valence-corrected chi connectivity index (χ4v) is 2.49. The van der Waals surface area contributed by atoms with Crippen molar-refractivity contribution in [3.63, 3.8) is 0 Å². The third-order valence-corrected chi connectivity index (χ3v) is 3.57. The maximum atomic E-state index is 12.6. The topological polar surface area (TPSA) is 82.2 Å². The molecule has 0 bridgehead atoms. The van der Waals surface area contributed by atoms with Crippen LogP contribution in [0.25, 0.3) is 0 Å². The molecule has 0 saturated carbocycles. The number of nitrogens with two attached hydrogens (primary N) is 1. The van der Waals surface area contributed by atoms with Crippen molar-refractivity contribution in [2.75, 3.05) is 18.2 Å². The zero-order valence-electron chi connectivity index (χ0n) is 14.7. The summed E-state index contributed by atoms with van der Waals surface area (Å²) in [6, 6.07) is 5.16. The quantitative estimate of drug-likeness (QED) is 0.825. The predicted molar refractivity (Wildman–Crippen MR) is 99.2 cm³/mol. The minimum Gasteiger partial charge on any atom is -0.495 e. The number of rotatable bonds is 4. The van der Waals surface area contributed by atoms with E-state index in [-0.39, 0.29) is 23.9 Å². The zero-order valence-corrected chi connectivity index (χ0v) is 15.5. The molecule has 0 aliphatic rings. The van der Waals surface area contributed by atoms with E-state index in [0.717, 1.165) is 12.1 Å². The summed E-state index contributed by atoms with van der Waals surface area (Å²) >= 11 is 0. The van der Waals surface area contributed by atoms with Crippen LogP contribution in [0.3, 0.4) is 0 Å². The standard InChI is InChI=1S/C17H24N4O2.ClH/c1-6-14-12(10-19-21(14)17(2,3)4)16(22)20-11-7-8-15(23-5)13(18)9-11;/h7-10H,6,18H2,1-5H3,(H,20,22);1H. The Balaban J connectivity index is 0.00000288. The summed E-state index contributed by atoms with van der Waals surface area (Å²) in [5, 5.41) is 7.24. The van der Waals surface area contributed by atoms with Crippen LogP contribution in [0.5, 0.6) is 5.75 Å². The predicted octanol–water partition coefficient (Wildman–Crippen LogP) is 3.47. The number of halogens is 1. The molecule has 1 heterocycles. The second kappa shape index (κ2) is 7.57. The van der Waals surface area contributed by atoms with Gasteiger partial charge in [-0.3, -0.25) is 9.48 Å². The number of nitrogens with one attached hydrogen (secondary N) is 1. The minimum atomic E-state index is -0.193. The van der Waals surface area contributed by atoms with Gasteiger partial charge in [-0.05, 0) is 45.4 Å². The first kappa shape index (κ1) is 19.8. The van der Waals surface area contributed by atoms with Crippen molar-refractivity contribution < 1.29 is 9.53 Å². The van der Waals surface area contributed by atoms with E-state index >= 15 is 0 Å². The first-order chi connectivity index (χ1) is 10.8. The van der Waals surface area contributed by atoms with Gasteiger partial charge in [-0.2, -0.15) is 5.10 Å². The molecule has 2 aromatic rings. The molecule has 6 nitrogen and oxygen atoms in total. The number of benzene rings is 1. The highest BCUT2D eigenvalue weighted by molar-refractivity contribution is 6.05. The van der Waals surface area contributed by atoms with Gasteiger partial charge in [0.1, 0.15) is 5.75 Å². The van der Waals surface area contributed by atoms with Crippen LogP contribution in [0.4, 0.5) is 11.4 Å². The molecule has 3 N–H and O–H groups in total. The molecule has 132 valence electrons. The van der Waals surface area contributed by atoms with Crippen molar-refractivity contribution in [2.45, 2.75) is 39.7 Å². The molecular formula is C17H25ClN4O2. The van der Waals surface area contributed by atoms with Crippen LogP contribution in [-0.2, 0) is 12.0 Å². The molecule has 0 spiro atoms. The SMILES string of the molecule is CCc1c(C(=O)Nc2ccc(OC)c(N)c2)cnn1C(C)(C)C.Cl. The average molecular weight is 353 g/mol. The smallest absolute Gasteiger partial charge is 0.259 e. The highest BCUT2D eigenvalue weighted by Crippen LogP contribution is 2.25. The normalized spacial score (nSPS) is 10.9. The summed E-state index contributed by atoms with van der Waals surface area (Å²) in [5.74, 6) is 0.389. The van der Waals surface area contributed by atoms with Crippen LogP contribution < -0.4 is 15.8 Å². The van der Waals surface area contributed by atoms with Crippen LogP contribution in [-0.4, -0.2) is 22.8 Å². The molecular weight excluding hydrogens is 328 g/mol. The lowest BCUT2D eigenvalue weighted by Gasteiger charge is -2.22. The van der Waals surface area contributed by atoms with Gasteiger partial charge in [0.15, 0.2) is 0 Å². The van der Waals surface area contributed by atoms with E-state index < -0.39 is 0 Å². The van der Waals surface area contributed by atoms with Crippen molar-refractivity contribution >= 4 is 29.7 Å². The van der Waals surface area contributed by atoms with Gasteiger partial charge in [0.05, 0.1) is 35.8 Å². The Morgan fingerprint density at radius 1 is 1.38 bits per heavy atom. The number of ether oxygens (including phenoxy) is 1. The highest BCUT2D eigenvalue weighted by Gasteiger charge is 2.23. The number of hydrogen-bond acceptors (Lipinski definition) is 4. The summed E-state index contributed by atoms with van der Waals surface area (Å²) < 4.78 is 7.01. The van der Waals surface area contributed by atoms with Crippen molar-refractivity contribution in [1.82, 2.24) is 9.78 Å². The van der Waals surface area contributed by atoms with Gasteiger partial charge < -0.3 is 15.8 Å². The molecule has 0 fully saturated rings. The number of aromatic nitrogens is 2. The third-order valence-electron chi connectivity index (χ3n) is 3.57. The van der Waals surface area contributed by atoms with Crippen LogP contribution in [0, 0.1) is 0 Å². The summed E-state index contributed by atoms with van der Waals surface area (Å²) in [6.07, 6.45) is 2.34. The van der Waals surface area contributed by atoms with E-state index in [1.807, 2.05) is 11.6 Å². The van der Waals surface area contributed by atoms with Crippen molar-refractivity contribution in [3.05, 3.63) is 35.7 Å². The largest absolute Gasteiger partial charge is 0.495 e. The number of hydrogen-bond donors (Lipinski definition) is 2. The Bertz CT molecular complexity index is 720. The van der Waals surface area contributed by atoms with Gasteiger partial charge in [-0.15, -0.1) is 12.4 Å². The van der Waals surface area contributed by atoms with Crippen LogP contribution in [0.15, 0.2) is 24.4 Å². The number of methoxy groups -OCH3 is 1. The van der Waals surface area contributed by atoms with Crippen molar-refractivity contribution in [3.8, 4) is 5.75 Å². The first-order valence-corrected chi connectivity index (χ1v) is 7.60. The monoisotopic (exact) mass is 352 g/mol. The number of nitrogens with zero attached hydrogens (tertiary/aromatic N) is 2. The molecule has 0 aliphatic carbocycles. The van der Waals surface area contributed by atoms with Gasteiger partial charge >= 0.3 is 0 Å². The Morgan fingerprint density at radius 3 is 2.54 bits per heavy atom. The van der Waals surface area contributed by atoms with Crippen molar-refractivity contribution in [2.24, 2.45) is 0 Å². The lowest BCUT2D eigenvalue weighted by atomic mass is 10.1. The summed E-state index contributed by atoms with van der Waals surface area (Å²) in [6.45, 7) is 8.20. The van der Waals surface area contributed by atoms with Gasteiger partial charge in [-0.1, -0.05) is 6.92 Å². The molecule has 0 saturated heterocycles. The summed E-state index contributed by atoms with van der Waals surface area (Å²) in [7, 11) is 1.55. The van der Waals surface area contributed by atoms with Crippen molar-refractivity contribution in [1.29, 1.82) is 0 Å². The molecule has 0 aliphatic heterocycles. The molecule has 0 radical (unpaired) electrons. The number of carbonyl (C=O) groups excluding carboxylic acids is 1. The zero-order chi connectivity index (χ0) is 17.2. The fraction of sp³-hybridized carbons (Fsp3) is 0.412. The second-order valence-corrected chi connectivity index (χ2v) is 6.35. The lowest BCUT2D eigenvalue weighted by molar-refractivity contribution is 0.102. The maximum Gasteiger partial charge on any atom is 0.259 e. The molecule has 1 aromatic carbocycles.